The SMILES string of the molecule is CCN(C1CNC1)C(C)c1ccc(Br)s1. The zero-order chi connectivity index (χ0) is 10.8. The van der Waals surface area contributed by atoms with E-state index in [9.17, 15) is 0 Å². The van der Waals surface area contributed by atoms with Crippen LogP contribution in [-0.4, -0.2) is 30.6 Å². The van der Waals surface area contributed by atoms with Gasteiger partial charge in [-0.2, -0.15) is 0 Å². The van der Waals surface area contributed by atoms with E-state index in [1.807, 2.05) is 11.3 Å². The first-order chi connectivity index (χ1) is 7.22. The van der Waals surface area contributed by atoms with Gasteiger partial charge in [-0.15, -0.1) is 11.3 Å². The summed E-state index contributed by atoms with van der Waals surface area (Å²) >= 11 is 5.37. The smallest absolute Gasteiger partial charge is 0.0701 e. The summed E-state index contributed by atoms with van der Waals surface area (Å²) in [7, 11) is 0. The van der Waals surface area contributed by atoms with Crippen molar-refractivity contribution in [2.75, 3.05) is 19.6 Å². The monoisotopic (exact) mass is 288 g/mol. The van der Waals surface area contributed by atoms with Gasteiger partial charge in [0.05, 0.1) is 3.79 Å². The summed E-state index contributed by atoms with van der Waals surface area (Å²) < 4.78 is 1.23. The lowest BCUT2D eigenvalue weighted by atomic mass is 10.1. The fourth-order valence-corrected chi connectivity index (χ4v) is 3.57. The van der Waals surface area contributed by atoms with Crippen molar-refractivity contribution in [2.24, 2.45) is 0 Å². The first kappa shape index (κ1) is 11.6. The van der Waals surface area contributed by atoms with E-state index in [4.69, 9.17) is 0 Å². The zero-order valence-corrected chi connectivity index (χ0v) is 11.6. The van der Waals surface area contributed by atoms with Gasteiger partial charge >= 0.3 is 0 Å². The normalized spacial score (nSPS) is 19.2. The molecule has 0 spiro atoms. The van der Waals surface area contributed by atoms with Crippen LogP contribution < -0.4 is 5.32 Å². The molecule has 4 heteroatoms. The summed E-state index contributed by atoms with van der Waals surface area (Å²) in [4.78, 5) is 4.03. The third-order valence-electron chi connectivity index (χ3n) is 3.10. The molecule has 1 N–H and O–H groups in total. The Morgan fingerprint density at radius 2 is 2.33 bits per heavy atom. The molecule has 0 amide bonds. The van der Waals surface area contributed by atoms with Gasteiger partial charge in [-0.25, -0.2) is 0 Å². The van der Waals surface area contributed by atoms with Crippen molar-refractivity contribution in [1.82, 2.24) is 10.2 Å². The number of rotatable bonds is 4. The number of hydrogen-bond donors (Lipinski definition) is 1. The van der Waals surface area contributed by atoms with Gasteiger partial charge in [0.2, 0.25) is 0 Å². The molecule has 2 nitrogen and oxygen atoms in total. The number of hydrogen-bond acceptors (Lipinski definition) is 3. The third-order valence-corrected chi connectivity index (χ3v) is 4.89. The molecule has 0 saturated carbocycles. The molecule has 15 heavy (non-hydrogen) atoms. The Morgan fingerprint density at radius 3 is 2.73 bits per heavy atom. The molecular formula is C11H17BrN2S. The van der Waals surface area contributed by atoms with Gasteiger partial charge < -0.3 is 5.32 Å². The van der Waals surface area contributed by atoms with E-state index >= 15 is 0 Å². The van der Waals surface area contributed by atoms with Crippen molar-refractivity contribution in [1.29, 1.82) is 0 Å². The van der Waals surface area contributed by atoms with Crippen LogP contribution in [0, 0.1) is 0 Å². The average molecular weight is 289 g/mol. The summed E-state index contributed by atoms with van der Waals surface area (Å²) in [5.74, 6) is 0. The summed E-state index contributed by atoms with van der Waals surface area (Å²) in [5.41, 5.74) is 0. The molecule has 1 aliphatic heterocycles. The average Bonchev–Trinajstić information content (AvgIpc) is 2.57. The molecule has 2 rings (SSSR count). The largest absolute Gasteiger partial charge is 0.314 e. The fraction of sp³-hybridized carbons (Fsp3) is 0.636. The lowest BCUT2D eigenvalue weighted by Gasteiger charge is -2.41. The second kappa shape index (κ2) is 4.95. The molecule has 0 aromatic carbocycles. The van der Waals surface area contributed by atoms with E-state index in [1.54, 1.807) is 0 Å². The highest BCUT2D eigenvalue weighted by molar-refractivity contribution is 9.11. The number of likely N-dealkylation sites (N-methyl/N-ethyl adjacent to an activating group) is 1. The third kappa shape index (κ3) is 2.44. The van der Waals surface area contributed by atoms with Crippen LogP contribution in [0.3, 0.4) is 0 Å². The summed E-state index contributed by atoms with van der Waals surface area (Å²) in [6.45, 7) is 7.97. The van der Waals surface area contributed by atoms with E-state index in [0.29, 0.717) is 6.04 Å². The van der Waals surface area contributed by atoms with Crippen molar-refractivity contribution >= 4 is 27.3 Å². The van der Waals surface area contributed by atoms with E-state index in [0.717, 1.165) is 25.7 Å². The van der Waals surface area contributed by atoms with Crippen LogP contribution in [0.5, 0.6) is 0 Å². The minimum atomic E-state index is 0.540. The molecule has 0 bridgehead atoms. The fourth-order valence-electron chi connectivity index (χ4n) is 2.07. The van der Waals surface area contributed by atoms with Crippen LogP contribution in [0.4, 0.5) is 0 Å². The Morgan fingerprint density at radius 1 is 1.60 bits per heavy atom. The highest BCUT2D eigenvalue weighted by atomic mass is 79.9. The minimum Gasteiger partial charge on any atom is -0.314 e. The van der Waals surface area contributed by atoms with Crippen LogP contribution in [0.15, 0.2) is 15.9 Å². The van der Waals surface area contributed by atoms with Gasteiger partial charge in [0.15, 0.2) is 0 Å². The number of nitrogens with zero attached hydrogens (tertiary/aromatic N) is 1. The highest BCUT2D eigenvalue weighted by Gasteiger charge is 2.28. The van der Waals surface area contributed by atoms with Crippen LogP contribution in [0.25, 0.3) is 0 Å². The first-order valence-electron chi connectivity index (χ1n) is 5.44. The Balaban J connectivity index is 2.07. The second-order valence-corrected chi connectivity index (χ2v) is 6.45. The predicted molar refractivity (Wildman–Crippen MR) is 69.5 cm³/mol. The Kier molecular flexibility index (Phi) is 3.83. The summed E-state index contributed by atoms with van der Waals surface area (Å²) in [6.07, 6.45) is 0. The number of halogens is 1. The molecule has 1 atom stereocenters. The van der Waals surface area contributed by atoms with Gasteiger partial charge in [0, 0.05) is 30.1 Å². The van der Waals surface area contributed by atoms with Crippen LogP contribution in [-0.2, 0) is 0 Å². The maximum absolute atomic E-state index is 3.53. The molecular weight excluding hydrogens is 272 g/mol. The molecule has 0 radical (unpaired) electrons. The van der Waals surface area contributed by atoms with E-state index in [2.05, 4.69) is 52.1 Å². The van der Waals surface area contributed by atoms with E-state index in [1.165, 1.54) is 8.66 Å². The van der Waals surface area contributed by atoms with Crippen molar-refractivity contribution in [3.8, 4) is 0 Å². The molecule has 2 heterocycles. The van der Waals surface area contributed by atoms with Crippen molar-refractivity contribution in [3.05, 3.63) is 20.8 Å². The molecule has 0 aliphatic carbocycles. The molecule has 1 unspecified atom stereocenters. The second-order valence-electron chi connectivity index (χ2n) is 3.96. The topological polar surface area (TPSA) is 15.3 Å². The quantitative estimate of drug-likeness (QED) is 0.917. The predicted octanol–water partition coefficient (Wildman–Crippen LogP) is 2.87. The highest BCUT2D eigenvalue weighted by Crippen LogP contribution is 2.31. The Hall–Kier alpha value is 0.1000. The lowest BCUT2D eigenvalue weighted by molar-refractivity contribution is 0.111. The van der Waals surface area contributed by atoms with E-state index < -0.39 is 0 Å². The molecule has 1 aliphatic rings. The van der Waals surface area contributed by atoms with Gasteiger partial charge in [0.25, 0.3) is 0 Å². The molecule has 84 valence electrons. The van der Waals surface area contributed by atoms with Crippen molar-refractivity contribution in [2.45, 2.75) is 25.9 Å². The number of nitrogens with one attached hydrogen (secondary N) is 1. The van der Waals surface area contributed by atoms with Crippen molar-refractivity contribution in [3.63, 3.8) is 0 Å². The lowest BCUT2D eigenvalue weighted by Crippen LogP contribution is -2.57. The Bertz CT molecular complexity index is 322. The van der Waals surface area contributed by atoms with Gasteiger partial charge in [-0.3, -0.25) is 4.90 Å². The molecule has 1 aromatic rings. The minimum absolute atomic E-state index is 0.540. The van der Waals surface area contributed by atoms with Crippen LogP contribution in [0.2, 0.25) is 0 Å². The summed E-state index contributed by atoms with van der Waals surface area (Å²) in [6, 6.07) is 5.64. The van der Waals surface area contributed by atoms with Gasteiger partial charge in [-0.05, 0) is 41.5 Å². The van der Waals surface area contributed by atoms with Crippen LogP contribution >= 0.6 is 27.3 Å². The Labute approximate surface area is 104 Å². The van der Waals surface area contributed by atoms with Gasteiger partial charge in [-0.1, -0.05) is 6.92 Å². The van der Waals surface area contributed by atoms with Gasteiger partial charge in [0.1, 0.15) is 0 Å². The standard InChI is InChI=1S/C11H17BrN2S/c1-3-14(9-6-13-7-9)8(2)10-4-5-11(12)15-10/h4-5,8-9,13H,3,6-7H2,1-2H3. The molecule has 1 saturated heterocycles. The molecule has 1 fully saturated rings. The van der Waals surface area contributed by atoms with Crippen LogP contribution in [0.1, 0.15) is 24.8 Å². The first-order valence-corrected chi connectivity index (χ1v) is 7.05. The maximum Gasteiger partial charge on any atom is 0.0701 e. The van der Waals surface area contributed by atoms with Crippen molar-refractivity contribution < 1.29 is 0 Å². The zero-order valence-electron chi connectivity index (χ0n) is 9.16. The number of thiophene rings is 1. The molecule has 1 aromatic heterocycles. The van der Waals surface area contributed by atoms with E-state index in [-0.39, 0.29) is 0 Å². The summed E-state index contributed by atoms with van der Waals surface area (Å²) in [5, 5.41) is 3.34. The maximum atomic E-state index is 3.53.